The molecule has 0 atom stereocenters. The number of rotatable bonds is 1. The molecule has 2 aromatic heterocycles. The van der Waals surface area contributed by atoms with Gasteiger partial charge in [0.1, 0.15) is 0 Å². The van der Waals surface area contributed by atoms with Gasteiger partial charge < -0.3 is 0 Å². The van der Waals surface area contributed by atoms with Crippen LogP contribution in [0.25, 0.3) is 49.7 Å². The van der Waals surface area contributed by atoms with E-state index in [4.69, 9.17) is 0 Å². The van der Waals surface area contributed by atoms with E-state index in [2.05, 4.69) is 100 Å². The third-order valence-corrected chi connectivity index (χ3v) is 10.8. The summed E-state index contributed by atoms with van der Waals surface area (Å²) in [5, 5.41) is 5.79. The summed E-state index contributed by atoms with van der Waals surface area (Å²) < 4.78 is 6.21. The molecule has 0 unspecified atom stereocenters. The molecule has 0 N–H and O–H groups in total. The molecule has 0 bridgehead atoms. The molecule has 0 aliphatic carbocycles. The van der Waals surface area contributed by atoms with Crippen LogP contribution in [-0.4, -0.2) is 29.0 Å². The van der Waals surface area contributed by atoms with Gasteiger partial charge in [-0.1, -0.05) is 34.1 Å². The Hall–Kier alpha value is -2.08. The first-order valence-corrected chi connectivity index (χ1v) is 15.4. The molecule has 0 nitrogen and oxygen atoms in total. The molecular weight excluding hydrogens is 530 g/mol. The van der Waals surface area contributed by atoms with E-state index in [0.717, 1.165) is 0 Å². The van der Waals surface area contributed by atoms with Crippen LogP contribution >= 0.6 is 0 Å². The fraction of sp³-hybridized carbons (Fsp3) is 0.226. The summed E-state index contributed by atoms with van der Waals surface area (Å²) in [7, 11) is 0. The topological polar surface area (TPSA) is 0 Å². The molecule has 0 amide bonds. The van der Waals surface area contributed by atoms with Gasteiger partial charge in [-0.15, -0.1) is 0 Å². The molecule has 33 heavy (non-hydrogen) atoms. The van der Waals surface area contributed by atoms with Gasteiger partial charge in [-0.25, -0.2) is 0 Å². The molecule has 6 rings (SSSR count). The quantitative estimate of drug-likeness (QED) is 0.175. The Morgan fingerprint density at radius 1 is 0.515 bits per heavy atom. The maximum atomic E-state index is 2.35. The van der Waals surface area contributed by atoms with Crippen LogP contribution in [0.1, 0.15) is 45.2 Å². The van der Waals surface area contributed by atoms with Crippen LogP contribution in [0.5, 0.6) is 0 Å². The van der Waals surface area contributed by atoms with Gasteiger partial charge in [-0.2, -0.15) is 0 Å². The SMILES string of the molecule is CC.CCC.Cc1ccc2c([se]c3ccccc32)c1-c1c(C)ccc2c1[se]c1ccccc12. The minimum absolute atomic E-state index is 0.376. The van der Waals surface area contributed by atoms with Crippen molar-refractivity contribution in [3.05, 3.63) is 83.9 Å². The van der Waals surface area contributed by atoms with Crippen LogP contribution in [0.4, 0.5) is 0 Å². The van der Waals surface area contributed by atoms with Gasteiger partial charge in [-0.3, -0.25) is 0 Å². The zero-order chi connectivity index (χ0) is 23.5. The van der Waals surface area contributed by atoms with Crippen molar-refractivity contribution in [1.29, 1.82) is 0 Å². The summed E-state index contributed by atoms with van der Waals surface area (Å²) in [6, 6.07) is 27.3. The summed E-state index contributed by atoms with van der Waals surface area (Å²) in [5.41, 5.74) is 5.85. The van der Waals surface area contributed by atoms with Gasteiger partial charge in [0.05, 0.1) is 0 Å². The van der Waals surface area contributed by atoms with E-state index in [1.54, 1.807) is 8.52 Å². The van der Waals surface area contributed by atoms with E-state index in [9.17, 15) is 0 Å². The maximum absolute atomic E-state index is 2.35. The second-order valence-corrected chi connectivity index (χ2v) is 12.6. The van der Waals surface area contributed by atoms with Crippen molar-refractivity contribution in [2.75, 3.05) is 0 Å². The van der Waals surface area contributed by atoms with Crippen LogP contribution < -0.4 is 0 Å². The number of hydrogen-bond donors (Lipinski definition) is 0. The summed E-state index contributed by atoms with van der Waals surface area (Å²) in [4.78, 5) is 0. The van der Waals surface area contributed by atoms with Gasteiger partial charge in [0, 0.05) is 0 Å². The molecular formula is C31H32Se2. The Morgan fingerprint density at radius 2 is 0.879 bits per heavy atom. The summed E-state index contributed by atoms with van der Waals surface area (Å²) in [6.45, 7) is 12.8. The summed E-state index contributed by atoms with van der Waals surface area (Å²) in [5.74, 6) is 0. The predicted octanol–water partition coefficient (Wildman–Crippen LogP) is 9.14. The van der Waals surface area contributed by atoms with Gasteiger partial charge >= 0.3 is 176 Å². The number of hydrogen-bond acceptors (Lipinski definition) is 0. The van der Waals surface area contributed by atoms with Crippen LogP contribution in [0, 0.1) is 13.8 Å². The molecule has 0 fully saturated rings. The van der Waals surface area contributed by atoms with E-state index in [1.807, 2.05) is 13.8 Å². The zero-order valence-corrected chi connectivity index (χ0v) is 23.9. The third-order valence-electron chi connectivity index (χ3n) is 5.76. The molecule has 168 valence electrons. The first-order chi connectivity index (χ1) is 16.1. The molecule has 0 radical (unpaired) electrons. The van der Waals surface area contributed by atoms with Crippen LogP contribution in [0.3, 0.4) is 0 Å². The molecule has 0 aliphatic heterocycles. The number of fused-ring (bicyclic) bond motifs is 6. The second kappa shape index (κ2) is 10.5. The van der Waals surface area contributed by atoms with E-state index < -0.39 is 0 Å². The van der Waals surface area contributed by atoms with Crippen molar-refractivity contribution in [1.82, 2.24) is 0 Å². The van der Waals surface area contributed by atoms with E-state index >= 15 is 0 Å². The molecule has 4 aromatic carbocycles. The Labute approximate surface area is 209 Å². The fourth-order valence-electron chi connectivity index (χ4n) is 4.40. The van der Waals surface area contributed by atoms with E-state index in [-0.39, 0.29) is 0 Å². The van der Waals surface area contributed by atoms with Crippen molar-refractivity contribution in [2.24, 2.45) is 0 Å². The van der Waals surface area contributed by atoms with E-state index in [0.29, 0.717) is 29.0 Å². The van der Waals surface area contributed by atoms with Crippen molar-refractivity contribution in [3.63, 3.8) is 0 Å². The monoisotopic (exact) mass is 564 g/mol. The molecule has 6 aromatic rings. The van der Waals surface area contributed by atoms with Crippen LogP contribution in [0.15, 0.2) is 72.8 Å². The molecule has 0 aliphatic rings. The van der Waals surface area contributed by atoms with Gasteiger partial charge in [-0.05, 0) is 0 Å². The number of aryl methyl sites for hydroxylation is 2. The molecule has 2 heterocycles. The fourth-order valence-corrected chi connectivity index (χ4v) is 9.88. The molecule has 2 heteroatoms. The Morgan fingerprint density at radius 3 is 1.27 bits per heavy atom. The van der Waals surface area contributed by atoms with Gasteiger partial charge in [0.15, 0.2) is 0 Å². The Balaban J connectivity index is 0.000000482. The Bertz CT molecular complexity index is 1430. The molecule has 0 saturated heterocycles. The second-order valence-electron chi connectivity index (χ2n) is 8.17. The standard InChI is InChI=1S/C26H18Se2.C3H8.C2H6/c1-15-11-13-19-17-7-3-5-9-21(17)27-25(19)23(15)24-16(2)12-14-20-18-8-4-6-10-22(18)28-26(20)24;1-3-2;1-2/h3-14H,1-2H3;3H2,1-2H3;1-2H3. The van der Waals surface area contributed by atoms with Crippen molar-refractivity contribution in [3.8, 4) is 11.1 Å². The normalized spacial score (nSPS) is 10.8. The van der Waals surface area contributed by atoms with E-state index in [1.165, 1.54) is 58.7 Å². The summed E-state index contributed by atoms with van der Waals surface area (Å²) in [6.07, 6.45) is 1.25. The predicted molar refractivity (Wildman–Crippen MR) is 153 cm³/mol. The summed E-state index contributed by atoms with van der Waals surface area (Å²) >= 11 is 0.752. The first-order valence-electron chi connectivity index (χ1n) is 12.0. The van der Waals surface area contributed by atoms with Gasteiger partial charge in [0.25, 0.3) is 0 Å². The average molecular weight is 563 g/mol. The average Bonchev–Trinajstić information content (AvgIpc) is 3.40. The van der Waals surface area contributed by atoms with Crippen LogP contribution in [0.2, 0.25) is 0 Å². The Kier molecular flexibility index (Phi) is 7.62. The van der Waals surface area contributed by atoms with Crippen molar-refractivity contribution >= 4 is 67.6 Å². The minimum atomic E-state index is 0.376. The molecule has 0 saturated carbocycles. The van der Waals surface area contributed by atoms with Crippen molar-refractivity contribution in [2.45, 2.75) is 48.0 Å². The van der Waals surface area contributed by atoms with Crippen molar-refractivity contribution < 1.29 is 0 Å². The van der Waals surface area contributed by atoms with Crippen LogP contribution in [-0.2, 0) is 0 Å². The first kappa shape index (κ1) is 24.1. The molecule has 0 spiro atoms. The third kappa shape index (κ3) is 4.27. The van der Waals surface area contributed by atoms with Gasteiger partial charge in [0.2, 0.25) is 0 Å². The zero-order valence-electron chi connectivity index (χ0n) is 20.5. The number of benzene rings is 4.